The van der Waals surface area contributed by atoms with Crippen LogP contribution in [0.4, 0.5) is 0 Å². The second kappa shape index (κ2) is 7.59. The van der Waals surface area contributed by atoms with Gasteiger partial charge in [-0.1, -0.05) is 30.3 Å². The molecule has 0 saturated carbocycles. The minimum Gasteiger partial charge on any atom is -0.497 e. The largest absolute Gasteiger partial charge is 0.497 e. The van der Waals surface area contributed by atoms with E-state index in [1.165, 1.54) is 0 Å². The summed E-state index contributed by atoms with van der Waals surface area (Å²) in [6, 6.07) is 9.89. The highest BCUT2D eigenvalue weighted by atomic mass is 16.5. The molecule has 4 nitrogen and oxygen atoms in total. The topological polar surface area (TPSA) is 50.4 Å². The molecule has 0 bridgehead atoms. The van der Waals surface area contributed by atoms with Crippen molar-refractivity contribution >= 4 is 5.91 Å². The van der Waals surface area contributed by atoms with Crippen LogP contribution in [0.1, 0.15) is 18.4 Å². The molecule has 1 aliphatic heterocycles. The molecule has 0 aliphatic carbocycles. The van der Waals surface area contributed by atoms with Gasteiger partial charge in [0.2, 0.25) is 5.91 Å². The van der Waals surface area contributed by atoms with E-state index >= 15 is 0 Å². The minimum absolute atomic E-state index is 0.00945. The highest BCUT2D eigenvalue weighted by Crippen LogP contribution is 2.08. The maximum atomic E-state index is 11.6. The molecule has 0 radical (unpaired) electrons. The third-order valence-corrected chi connectivity index (χ3v) is 3.01. The molecule has 102 valence electrons. The molecule has 1 atom stereocenters. The molecule has 4 heteroatoms. The van der Waals surface area contributed by atoms with Crippen molar-refractivity contribution in [3.05, 3.63) is 48.2 Å². The molecular weight excluding hydrogens is 240 g/mol. The molecule has 1 unspecified atom stereocenters. The summed E-state index contributed by atoms with van der Waals surface area (Å²) in [7, 11) is 0. The van der Waals surface area contributed by atoms with Gasteiger partial charge >= 0.3 is 0 Å². The lowest BCUT2D eigenvalue weighted by Gasteiger charge is -2.19. The maximum Gasteiger partial charge on any atom is 0.234 e. The normalized spacial score (nSPS) is 17.8. The summed E-state index contributed by atoms with van der Waals surface area (Å²) in [6.45, 7) is 1.61. The van der Waals surface area contributed by atoms with Gasteiger partial charge in [0, 0.05) is 13.1 Å². The zero-order valence-corrected chi connectivity index (χ0v) is 11.0. The summed E-state index contributed by atoms with van der Waals surface area (Å²) in [4.78, 5) is 11.6. The van der Waals surface area contributed by atoms with Crippen LogP contribution >= 0.6 is 0 Å². The first kappa shape index (κ1) is 13.6. The third kappa shape index (κ3) is 5.14. The molecule has 1 heterocycles. The highest BCUT2D eigenvalue weighted by Gasteiger charge is 2.10. The van der Waals surface area contributed by atoms with E-state index in [4.69, 9.17) is 4.74 Å². The van der Waals surface area contributed by atoms with Crippen LogP contribution in [-0.2, 0) is 16.1 Å². The van der Waals surface area contributed by atoms with Gasteiger partial charge in [-0.2, -0.15) is 0 Å². The Labute approximate surface area is 113 Å². The molecule has 0 saturated heterocycles. The molecule has 0 fully saturated rings. The van der Waals surface area contributed by atoms with E-state index in [0.29, 0.717) is 19.6 Å². The Morgan fingerprint density at radius 2 is 2.16 bits per heavy atom. The summed E-state index contributed by atoms with van der Waals surface area (Å²) in [5, 5.41) is 6.00. The third-order valence-electron chi connectivity index (χ3n) is 3.01. The molecule has 2 rings (SSSR count). The zero-order valence-electron chi connectivity index (χ0n) is 11.0. The Morgan fingerprint density at radius 1 is 1.32 bits per heavy atom. The Balaban J connectivity index is 1.58. The molecule has 1 aromatic carbocycles. The maximum absolute atomic E-state index is 11.6. The summed E-state index contributed by atoms with van der Waals surface area (Å²) in [6.07, 6.45) is 6.00. The molecule has 0 aromatic heterocycles. The number of allylic oxidation sites excluding steroid dienone is 1. The summed E-state index contributed by atoms with van der Waals surface area (Å²) in [5.41, 5.74) is 1.11. The van der Waals surface area contributed by atoms with E-state index < -0.39 is 0 Å². The van der Waals surface area contributed by atoms with Crippen molar-refractivity contribution in [3.8, 4) is 0 Å². The van der Waals surface area contributed by atoms with Gasteiger partial charge in [0.1, 0.15) is 6.10 Å². The fourth-order valence-corrected chi connectivity index (χ4v) is 1.94. The van der Waals surface area contributed by atoms with Crippen molar-refractivity contribution in [2.24, 2.45) is 0 Å². The number of carbonyl (C=O) groups is 1. The van der Waals surface area contributed by atoms with Crippen LogP contribution in [0.5, 0.6) is 0 Å². The van der Waals surface area contributed by atoms with E-state index in [2.05, 4.69) is 10.6 Å². The fourth-order valence-electron chi connectivity index (χ4n) is 1.94. The van der Waals surface area contributed by atoms with E-state index in [1.807, 2.05) is 36.4 Å². The lowest BCUT2D eigenvalue weighted by molar-refractivity contribution is -0.120. The van der Waals surface area contributed by atoms with Crippen molar-refractivity contribution in [2.75, 3.05) is 13.1 Å². The Morgan fingerprint density at radius 3 is 2.89 bits per heavy atom. The van der Waals surface area contributed by atoms with E-state index in [9.17, 15) is 4.79 Å². The Kier molecular flexibility index (Phi) is 5.44. The van der Waals surface area contributed by atoms with Crippen LogP contribution in [0, 0.1) is 0 Å². The van der Waals surface area contributed by atoms with Crippen molar-refractivity contribution < 1.29 is 9.53 Å². The zero-order chi connectivity index (χ0) is 13.3. The van der Waals surface area contributed by atoms with Crippen LogP contribution in [0.3, 0.4) is 0 Å². The number of carbonyl (C=O) groups excluding carboxylic acids is 1. The quantitative estimate of drug-likeness (QED) is 0.816. The number of benzene rings is 1. The minimum atomic E-state index is 0.00945. The Hall–Kier alpha value is -1.81. The molecule has 19 heavy (non-hydrogen) atoms. The second-order valence-electron chi connectivity index (χ2n) is 4.60. The van der Waals surface area contributed by atoms with Crippen LogP contribution in [-0.4, -0.2) is 25.1 Å². The van der Waals surface area contributed by atoms with Crippen molar-refractivity contribution in [2.45, 2.75) is 25.5 Å². The summed E-state index contributed by atoms with van der Waals surface area (Å²) in [5.74, 6) is 0.00945. The predicted octanol–water partition coefficient (Wildman–Crippen LogP) is 1.59. The predicted molar refractivity (Wildman–Crippen MR) is 74.4 cm³/mol. The molecule has 1 amide bonds. The molecule has 0 spiro atoms. The highest BCUT2D eigenvalue weighted by molar-refractivity contribution is 5.77. The standard InChI is InChI=1S/C15H20N2O2/c18-15(17-10-13-6-2-1-3-7-13)12-16-11-14-8-4-5-9-19-14/h1-3,5-7,9,14,16H,4,8,10-12H2,(H,17,18). The van der Waals surface area contributed by atoms with Gasteiger partial charge in [-0.3, -0.25) is 4.79 Å². The first-order valence-corrected chi connectivity index (χ1v) is 6.66. The average molecular weight is 260 g/mol. The summed E-state index contributed by atoms with van der Waals surface area (Å²) >= 11 is 0. The summed E-state index contributed by atoms with van der Waals surface area (Å²) < 4.78 is 5.41. The molecular formula is C15H20N2O2. The van der Waals surface area contributed by atoms with E-state index in [0.717, 1.165) is 18.4 Å². The number of nitrogens with one attached hydrogen (secondary N) is 2. The molecule has 2 N–H and O–H groups in total. The smallest absolute Gasteiger partial charge is 0.234 e. The first-order valence-electron chi connectivity index (χ1n) is 6.66. The monoisotopic (exact) mass is 260 g/mol. The Bertz CT molecular complexity index is 417. The van der Waals surface area contributed by atoms with Gasteiger partial charge in [-0.15, -0.1) is 0 Å². The second-order valence-corrected chi connectivity index (χ2v) is 4.60. The van der Waals surface area contributed by atoms with Crippen LogP contribution in [0.25, 0.3) is 0 Å². The number of hydrogen-bond acceptors (Lipinski definition) is 3. The van der Waals surface area contributed by atoms with Crippen LogP contribution in [0.15, 0.2) is 42.7 Å². The number of hydrogen-bond donors (Lipinski definition) is 2. The first-order chi connectivity index (χ1) is 9.34. The van der Waals surface area contributed by atoms with Gasteiger partial charge in [0.05, 0.1) is 12.8 Å². The lowest BCUT2D eigenvalue weighted by atomic mass is 10.1. The lowest BCUT2D eigenvalue weighted by Crippen LogP contribution is -2.37. The van der Waals surface area contributed by atoms with Crippen LogP contribution < -0.4 is 10.6 Å². The number of rotatable bonds is 6. The molecule has 1 aromatic rings. The van der Waals surface area contributed by atoms with Crippen LogP contribution in [0.2, 0.25) is 0 Å². The van der Waals surface area contributed by atoms with Gasteiger partial charge in [-0.25, -0.2) is 0 Å². The van der Waals surface area contributed by atoms with Gasteiger partial charge in [0.25, 0.3) is 0 Å². The van der Waals surface area contributed by atoms with Crippen molar-refractivity contribution in [1.82, 2.24) is 10.6 Å². The van der Waals surface area contributed by atoms with Gasteiger partial charge in [0.15, 0.2) is 0 Å². The fraction of sp³-hybridized carbons (Fsp3) is 0.400. The van der Waals surface area contributed by atoms with Gasteiger partial charge in [-0.05, 0) is 24.5 Å². The van der Waals surface area contributed by atoms with E-state index in [1.54, 1.807) is 6.26 Å². The SMILES string of the molecule is O=C(CNCC1CCC=CO1)NCc1ccccc1. The van der Waals surface area contributed by atoms with E-state index in [-0.39, 0.29) is 12.0 Å². The van der Waals surface area contributed by atoms with Crippen molar-refractivity contribution in [3.63, 3.8) is 0 Å². The number of amides is 1. The van der Waals surface area contributed by atoms with Gasteiger partial charge < -0.3 is 15.4 Å². The molecule has 1 aliphatic rings. The average Bonchev–Trinajstić information content (AvgIpc) is 2.47. The number of ether oxygens (including phenoxy) is 1. The van der Waals surface area contributed by atoms with Crippen molar-refractivity contribution in [1.29, 1.82) is 0 Å².